The molecule has 0 unspecified atom stereocenters. The van der Waals surface area contributed by atoms with Crippen LogP contribution in [-0.4, -0.2) is 0 Å². The Balaban J connectivity index is 1.06. The molecule has 0 atom stereocenters. The van der Waals surface area contributed by atoms with Gasteiger partial charge in [0.1, 0.15) is 11.2 Å². The van der Waals surface area contributed by atoms with E-state index < -0.39 is 0 Å². The van der Waals surface area contributed by atoms with Crippen LogP contribution in [0, 0.1) is 0 Å². The predicted molar refractivity (Wildman–Crippen MR) is 227 cm³/mol. The van der Waals surface area contributed by atoms with Gasteiger partial charge >= 0.3 is 0 Å². The second-order valence-corrected chi connectivity index (χ2v) is 14.8. The summed E-state index contributed by atoms with van der Waals surface area (Å²) in [6.45, 7) is 0. The van der Waals surface area contributed by atoms with Gasteiger partial charge in [-0.05, 0) is 99.1 Å². The van der Waals surface area contributed by atoms with Gasteiger partial charge in [0.15, 0.2) is 0 Å². The van der Waals surface area contributed by atoms with Crippen molar-refractivity contribution >= 4 is 92.1 Å². The van der Waals surface area contributed by atoms with Crippen molar-refractivity contribution in [2.75, 3.05) is 4.90 Å². The van der Waals surface area contributed by atoms with Crippen molar-refractivity contribution in [3.05, 3.63) is 188 Å². The summed E-state index contributed by atoms with van der Waals surface area (Å²) in [4.78, 5) is 2.39. The zero-order chi connectivity index (χ0) is 34.9. The summed E-state index contributed by atoms with van der Waals surface area (Å²) in [7, 11) is 0. The SMILES string of the molecule is c1cc(-c2ccc3ccccc3c2)cc(N(c2ccc(-c3cccc4oc5c6ccccc6ccc5c34)cc2)c2ccc3c(c2)sc2ccccc23)c1. The molecule has 0 fully saturated rings. The van der Waals surface area contributed by atoms with Crippen LogP contribution in [0.3, 0.4) is 0 Å². The summed E-state index contributed by atoms with van der Waals surface area (Å²) in [5.74, 6) is 0. The zero-order valence-electron chi connectivity index (χ0n) is 28.7. The Kier molecular flexibility index (Phi) is 6.76. The van der Waals surface area contributed by atoms with Gasteiger partial charge in [-0.15, -0.1) is 11.3 Å². The number of hydrogen-bond donors (Lipinski definition) is 0. The molecule has 2 aromatic heterocycles. The number of hydrogen-bond acceptors (Lipinski definition) is 3. The van der Waals surface area contributed by atoms with Crippen LogP contribution in [0.2, 0.25) is 0 Å². The molecule has 2 heterocycles. The fourth-order valence-electron chi connectivity index (χ4n) is 8.08. The van der Waals surface area contributed by atoms with Crippen molar-refractivity contribution < 1.29 is 4.42 Å². The standard InChI is InChI=1S/C50H31NOS/c1-2-11-35-29-37(20-19-32(35)9-1)36-12-7-13-39(30-36)51(40-26-28-44-43-15-5-6-18-47(43)53-48(44)31-40)38-24-21-34(22-25-38)41-16-8-17-46-49(41)45-27-23-33-10-3-4-14-42(33)50(45)52-46/h1-31H. The number of furan rings is 1. The maximum absolute atomic E-state index is 6.53. The van der Waals surface area contributed by atoms with Crippen LogP contribution in [0.25, 0.3) is 85.9 Å². The Morgan fingerprint density at radius 1 is 0.377 bits per heavy atom. The van der Waals surface area contributed by atoms with E-state index in [0.717, 1.165) is 50.0 Å². The molecule has 2 nitrogen and oxygen atoms in total. The van der Waals surface area contributed by atoms with Crippen LogP contribution in [0.5, 0.6) is 0 Å². The van der Waals surface area contributed by atoms with E-state index in [1.165, 1.54) is 53.0 Å². The second kappa shape index (κ2) is 11.9. The molecular weight excluding hydrogens is 663 g/mol. The first kappa shape index (κ1) is 30.0. The largest absolute Gasteiger partial charge is 0.455 e. The number of thiophene rings is 1. The van der Waals surface area contributed by atoms with Crippen molar-refractivity contribution in [1.82, 2.24) is 0 Å². The first-order valence-corrected chi connectivity index (χ1v) is 18.8. The molecule has 0 saturated heterocycles. The van der Waals surface area contributed by atoms with E-state index in [1.807, 2.05) is 11.3 Å². The van der Waals surface area contributed by atoms with Gasteiger partial charge in [0.05, 0.1) is 0 Å². The average molecular weight is 694 g/mol. The van der Waals surface area contributed by atoms with Gasteiger partial charge < -0.3 is 9.32 Å². The van der Waals surface area contributed by atoms with E-state index in [1.54, 1.807) is 0 Å². The van der Waals surface area contributed by atoms with E-state index in [-0.39, 0.29) is 0 Å². The first-order chi connectivity index (χ1) is 26.2. The van der Waals surface area contributed by atoms with E-state index in [0.29, 0.717) is 0 Å². The van der Waals surface area contributed by atoms with Crippen molar-refractivity contribution in [2.45, 2.75) is 0 Å². The quantitative estimate of drug-likeness (QED) is 0.178. The Morgan fingerprint density at radius 3 is 1.94 bits per heavy atom. The summed E-state index contributed by atoms with van der Waals surface area (Å²) < 4.78 is 9.11. The molecule has 11 rings (SSSR count). The fourth-order valence-corrected chi connectivity index (χ4v) is 9.22. The fraction of sp³-hybridized carbons (Fsp3) is 0. The third-order valence-corrected chi connectivity index (χ3v) is 11.8. The van der Waals surface area contributed by atoms with Crippen LogP contribution in [0.1, 0.15) is 0 Å². The van der Waals surface area contributed by atoms with Crippen molar-refractivity contribution in [3.8, 4) is 22.3 Å². The third-order valence-electron chi connectivity index (χ3n) is 10.6. The number of rotatable bonds is 5. The lowest BCUT2D eigenvalue weighted by Gasteiger charge is -2.26. The lowest BCUT2D eigenvalue weighted by molar-refractivity contribution is 0.673. The summed E-state index contributed by atoms with van der Waals surface area (Å²) in [6, 6.07) is 68.1. The Bertz CT molecular complexity index is 3190. The van der Waals surface area contributed by atoms with Crippen LogP contribution >= 0.6 is 11.3 Å². The number of fused-ring (bicyclic) bond motifs is 9. The molecule has 0 bridgehead atoms. The minimum absolute atomic E-state index is 0.904. The highest BCUT2D eigenvalue weighted by atomic mass is 32.1. The molecule has 0 aliphatic carbocycles. The monoisotopic (exact) mass is 693 g/mol. The molecule has 0 aliphatic heterocycles. The van der Waals surface area contributed by atoms with Gasteiger partial charge in [0.2, 0.25) is 0 Å². The Labute approximate surface area is 310 Å². The normalized spacial score (nSPS) is 11.8. The molecule has 0 N–H and O–H groups in total. The van der Waals surface area contributed by atoms with Crippen LogP contribution in [0.4, 0.5) is 17.1 Å². The minimum atomic E-state index is 0.904. The van der Waals surface area contributed by atoms with Crippen LogP contribution in [-0.2, 0) is 0 Å². The highest BCUT2D eigenvalue weighted by Gasteiger charge is 2.18. The highest BCUT2D eigenvalue weighted by Crippen LogP contribution is 2.43. The molecular formula is C50H31NOS. The maximum atomic E-state index is 6.53. The molecule has 3 heteroatoms. The van der Waals surface area contributed by atoms with Gasteiger partial charge in [-0.2, -0.15) is 0 Å². The van der Waals surface area contributed by atoms with Crippen LogP contribution in [0.15, 0.2) is 192 Å². The summed E-state index contributed by atoms with van der Waals surface area (Å²) in [6.07, 6.45) is 0. The Hall–Kier alpha value is -6.68. The molecule has 53 heavy (non-hydrogen) atoms. The molecule has 0 radical (unpaired) electrons. The lowest BCUT2D eigenvalue weighted by atomic mass is 9.97. The van der Waals surface area contributed by atoms with Crippen LogP contribution < -0.4 is 4.90 Å². The summed E-state index contributed by atoms with van der Waals surface area (Å²) >= 11 is 1.85. The Morgan fingerprint density at radius 2 is 1.04 bits per heavy atom. The van der Waals surface area contributed by atoms with Crippen molar-refractivity contribution in [2.24, 2.45) is 0 Å². The third kappa shape index (κ3) is 4.93. The summed E-state index contributed by atoms with van der Waals surface area (Å²) in [5, 5.41) is 9.71. The van der Waals surface area contributed by atoms with Gasteiger partial charge in [-0.1, -0.05) is 127 Å². The number of benzene rings is 9. The van der Waals surface area contributed by atoms with E-state index >= 15 is 0 Å². The van der Waals surface area contributed by atoms with Crippen molar-refractivity contribution in [1.29, 1.82) is 0 Å². The lowest BCUT2D eigenvalue weighted by Crippen LogP contribution is -2.10. The van der Waals surface area contributed by atoms with Gasteiger partial charge in [-0.3, -0.25) is 0 Å². The second-order valence-electron chi connectivity index (χ2n) is 13.7. The van der Waals surface area contributed by atoms with Gasteiger partial charge in [0, 0.05) is 53.4 Å². The van der Waals surface area contributed by atoms with Gasteiger partial charge in [0.25, 0.3) is 0 Å². The maximum Gasteiger partial charge on any atom is 0.143 e. The number of anilines is 3. The molecule has 0 spiro atoms. The predicted octanol–water partition coefficient (Wildman–Crippen LogP) is 15.1. The summed E-state index contributed by atoms with van der Waals surface area (Å²) in [5.41, 5.74) is 9.89. The first-order valence-electron chi connectivity index (χ1n) is 18.0. The average Bonchev–Trinajstić information content (AvgIpc) is 3.80. The van der Waals surface area contributed by atoms with E-state index in [2.05, 4.69) is 193 Å². The smallest absolute Gasteiger partial charge is 0.143 e. The van der Waals surface area contributed by atoms with E-state index in [9.17, 15) is 0 Å². The molecule has 0 amide bonds. The molecule has 11 aromatic rings. The minimum Gasteiger partial charge on any atom is -0.455 e. The van der Waals surface area contributed by atoms with Gasteiger partial charge in [-0.25, -0.2) is 0 Å². The highest BCUT2D eigenvalue weighted by molar-refractivity contribution is 7.25. The number of nitrogens with zero attached hydrogens (tertiary/aromatic N) is 1. The van der Waals surface area contributed by atoms with E-state index in [4.69, 9.17) is 4.42 Å². The molecule has 0 saturated carbocycles. The molecule has 9 aromatic carbocycles. The zero-order valence-corrected chi connectivity index (χ0v) is 29.5. The van der Waals surface area contributed by atoms with Crippen molar-refractivity contribution in [3.63, 3.8) is 0 Å². The molecule has 0 aliphatic rings. The topological polar surface area (TPSA) is 16.4 Å². The molecule has 248 valence electrons.